The van der Waals surface area contributed by atoms with E-state index in [1.165, 1.54) is 0 Å². The van der Waals surface area contributed by atoms with Crippen molar-refractivity contribution in [1.82, 2.24) is 0 Å². The number of hydrogen-bond donors (Lipinski definition) is 0. The van der Waals surface area contributed by atoms with Crippen LogP contribution in [0.15, 0.2) is 24.3 Å². The van der Waals surface area contributed by atoms with Crippen molar-refractivity contribution in [3.8, 4) is 0 Å². The van der Waals surface area contributed by atoms with Gasteiger partial charge in [0.15, 0.2) is 0 Å². The van der Waals surface area contributed by atoms with Crippen LogP contribution in [0.2, 0.25) is 0 Å². The molecule has 0 radical (unpaired) electrons. The highest BCUT2D eigenvalue weighted by molar-refractivity contribution is 7.78. The summed E-state index contributed by atoms with van der Waals surface area (Å²) in [4.78, 5) is 0. The van der Waals surface area contributed by atoms with E-state index in [0.717, 1.165) is 0 Å². The van der Waals surface area contributed by atoms with Gasteiger partial charge in [0, 0.05) is 11.5 Å². The van der Waals surface area contributed by atoms with E-state index in [9.17, 15) is 17.5 Å². The van der Waals surface area contributed by atoms with Crippen molar-refractivity contribution in [3.05, 3.63) is 35.4 Å². The van der Waals surface area contributed by atoms with Crippen LogP contribution in [-0.2, 0) is 33.7 Å². The van der Waals surface area contributed by atoms with Gasteiger partial charge in [-0.25, -0.2) is 0 Å². The second-order valence-electron chi connectivity index (χ2n) is 2.72. The first-order valence-electron chi connectivity index (χ1n) is 3.77. The molecule has 0 aliphatic carbocycles. The molecule has 2 atom stereocenters. The van der Waals surface area contributed by atoms with Crippen LogP contribution in [0.1, 0.15) is 11.1 Å². The van der Waals surface area contributed by atoms with Crippen molar-refractivity contribution >= 4 is 22.2 Å². The van der Waals surface area contributed by atoms with E-state index in [1.54, 1.807) is 24.3 Å². The summed E-state index contributed by atoms with van der Waals surface area (Å²) in [5.41, 5.74) is 1.20. The van der Waals surface area contributed by atoms with Crippen molar-refractivity contribution in [2.75, 3.05) is 0 Å². The van der Waals surface area contributed by atoms with Gasteiger partial charge in [-0.05, 0) is 11.1 Å². The normalized spacial score (nSPS) is 15.0. The Balaban J connectivity index is 2.78. The van der Waals surface area contributed by atoms with Crippen molar-refractivity contribution in [1.29, 1.82) is 0 Å². The summed E-state index contributed by atoms with van der Waals surface area (Å²) in [5.74, 6) is -0.168. The molecule has 0 fully saturated rings. The quantitative estimate of drug-likeness (QED) is 0.706. The predicted molar refractivity (Wildman–Crippen MR) is 51.7 cm³/mol. The standard InChI is InChI=1S/C8H10O4S2/c9-13(10)5-7-2-1-3-8(4-7)6-14(11)12/h1-4H,5-6H2,(H,9,10)(H,11,12)/p-2. The average Bonchev–Trinajstić information content (AvgIpc) is 2.01. The van der Waals surface area contributed by atoms with Crippen LogP contribution in [0.3, 0.4) is 0 Å². The smallest absolute Gasteiger partial charge is 0.0353 e. The van der Waals surface area contributed by atoms with E-state index in [4.69, 9.17) is 0 Å². The molecular formula is C8H8O4S2-2. The molecule has 0 N–H and O–H groups in total. The summed E-state index contributed by atoms with van der Waals surface area (Å²) in [6, 6.07) is 6.51. The molecule has 0 saturated carbocycles. The van der Waals surface area contributed by atoms with Crippen molar-refractivity contribution < 1.29 is 17.5 Å². The lowest BCUT2D eigenvalue weighted by atomic mass is 10.2. The predicted octanol–water partition coefficient (Wildman–Crippen LogP) is 0.445. The van der Waals surface area contributed by atoms with Gasteiger partial charge in [-0.1, -0.05) is 46.4 Å². The molecule has 0 saturated heterocycles. The Bertz CT molecular complexity index is 333. The second kappa shape index (κ2) is 5.35. The van der Waals surface area contributed by atoms with E-state index in [-0.39, 0.29) is 11.5 Å². The topological polar surface area (TPSA) is 80.3 Å². The third kappa shape index (κ3) is 4.10. The Morgan fingerprint density at radius 2 is 1.43 bits per heavy atom. The highest BCUT2D eigenvalue weighted by atomic mass is 32.2. The Morgan fingerprint density at radius 1 is 1.00 bits per heavy atom. The van der Waals surface area contributed by atoms with Gasteiger partial charge in [0.25, 0.3) is 0 Å². The van der Waals surface area contributed by atoms with Gasteiger partial charge in [-0.2, -0.15) is 0 Å². The molecule has 1 aromatic carbocycles. The zero-order valence-electron chi connectivity index (χ0n) is 7.17. The highest BCUT2D eigenvalue weighted by Gasteiger charge is 1.96. The lowest BCUT2D eigenvalue weighted by molar-refractivity contribution is 0.535. The number of hydrogen-bond acceptors (Lipinski definition) is 4. The van der Waals surface area contributed by atoms with Crippen LogP contribution < -0.4 is 0 Å². The van der Waals surface area contributed by atoms with Gasteiger partial charge < -0.3 is 9.11 Å². The highest BCUT2D eigenvalue weighted by Crippen LogP contribution is 2.08. The van der Waals surface area contributed by atoms with Crippen LogP contribution in [0.4, 0.5) is 0 Å². The molecule has 6 heteroatoms. The van der Waals surface area contributed by atoms with Crippen molar-refractivity contribution in [3.63, 3.8) is 0 Å². The van der Waals surface area contributed by atoms with Crippen molar-refractivity contribution in [2.45, 2.75) is 11.5 Å². The first-order valence-corrected chi connectivity index (χ1v) is 6.26. The molecule has 0 spiro atoms. The molecule has 14 heavy (non-hydrogen) atoms. The molecule has 4 nitrogen and oxygen atoms in total. The SMILES string of the molecule is O=S([O-])Cc1cccc(CS(=O)[O-])c1. The summed E-state index contributed by atoms with van der Waals surface area (Å²) < 4.78 is 41.5. The van der Waals surface area contributed by atoms with Crippen molar-refractivity contribution in [2.24, 2.45) is 0 Å². The van der Waals surface area contributed by atoms with E-state index in [1.807, 2.05) is 0 Å². The number of benzene rings is 1. The molecule has 1 aromatic rings. The van der Waals surface area contributed by atoms with E-state index >= 15 is 0 Å². The van der Waals surface area contributed by atoms with Crippen LogP contribution in [0, 0.1) is 0 Å². The van der Waals surface area contributed by atoms with Crippen LogP contribution in [0.25, 0.3) is 0 Å². The van der Waals surface area contributed by atoms with E-state index in [0.29, 0.717) is 11.1 Å². The third-order valence-electron chi connectivity index (χ3n) is 1.56. The lowest BCUT2D eigenvalue weighted by Gasteiger charge is -2.08. The maximum atomic E-state index is 10.4. The van der Waals surface area contributed by atoms with Crippen LogP contribution in [0.5, 0.6) is 0 Å². The zero-order valence-corrected chi connectivity index (χ0v) is 8.81. The minimum Gasteiger partial charge on any atom is -0.772 e. The van der Waals surface area contributed by atoms with Gasteiger partial charge in [-0.3, -0.25) is 8.42 Å². The molecule has 78 valence electrons. The third-order valence-corrected chi connectivity index (χ3v) is 2.70. The fraction of sp³-hybridized carbons (Fsp3) is 0.250. The van der Waals surface area contributed by atoms with E-state index in [2.05, 4.69) is 0 Å². The lowest BCUT2D eigenvalue weighted by Crippen LogP contribution is -1.97. The van der Waals surface area contributed by atoms with Gasteiger partial charge in [-0.15, -0.1) is 0 Å². The maximum Gasteiger partial charge on any atom is 0.0353 e. The Hall–Kier alpha value is -0.560. The van der Waals surface area contributed by atoms with Crippen LogP contribution in [-0.4, -0.2) is 17.5 Å². The molecule has 0 amide bonds. The van der Waals surface area contributed by atoms with E-state index < -0.39 is 22.2 Å². The van der Waals surface area contributed by atoms with Gasteiger partial charge >= 0.3 is 0 Å². The molecule has 1 rings (SSSR count). The summed E-state index contributed by atoms with van der Waals surface area (Å²) >= 11 is -4.28. The summed E-state index contributed by atoms with van der Waals surface area (Å²) in [7, 11) is 0. The Kier molecular flexibility index (Phi) is 4.40. The summed E-state index contributed by atoms with van der Waals surface area (Å²) in [5, 5.41) is 0. The van der Waals surface area contributed by atoms with Gasteiger partial charge in [0.2, 0.25) is 0 Å². The van der Waals surface area contributed by atoms with Gasteiger partial charge in [0.05, 0.1) is 0 Å². The summed E-state index contributed by atoms with van der Waals surface area (Å²) in [6.45, 7) is 0. The zero-order chi connectivity index (χ0) is 10.6. The summed E-state index contributed by atoms with van der Waals surface area (Å²) in [6.07, 6.45) is 0. The average molecular weight is 232 g/mol. The minimum atomic E-state index is -2.14. The monoisotopic (exact) mass is 232 g/mol. The molecule has 2 unspecified atom stereocenters. The Morgan fingerprint density at radius 3 is 1.79 bits per heavy atom. The molecule has 0 aliphatic rings. The minimum absolute atomic E-state index is 0.0840. The molecule has 0 heterocycles. The Labute approximate surface area is 86.9 Å². The van der Waals surface area contributed by atoms with Crippen LogP contribution >= 0.6 is 0 Å². The largest absolute Gasteiger partial charge is 0.772 e. The first kappa shape index (κ1) is 11.5. The molecule has 0 bridgehead atoms. The maximum absolute atomic E-state index is 10.4. The molecular weight excluding hydrogens is 224 g/mol. The first-order chi connectivity index (χ1) is 6.58. The molecule has 0 aliphatic heterocycles. The molecule has 0 aromatic heterocycles. The fourth-order valence-corrected chi connectivity index (χ4v) is 1.98. The second-order valence-corrected chi connectivity index (χ2v) is 4.51. The number of rotatable bonds is 4. The van der Waals surface area contributed by atoms with Gasteiger partial charge in [0.1, 0.15) is 0 Å². The fourth-order valence-electron chi connectivity index (χ4n) is 1.08.